The van der Waals surface area contributed by atoms with Gasteiger partial charge in [-0.1, -0.05) is 30.3 Å². The second-order valence-electron chi connectivity index (χ2n) is 5.04. The summed E-state index contributed by atoms with van der Waals surface area (Å²) in [7, 11) is 0. The van der Waals surface area contributed by atoms with Crippen LogP contribution >= 0.6 is 0 Å². The molecular weight excluding hydrogens is 278 g/mol. The highest BCUT2D eigenvalue weighted by atomic mass is 16.5. The van der Waals surface area contributed by atoms with Crippen molar-refractivity contribution in [2.24, 2.45) is 15.2 Å². The largest absolute Gasteiger partial charge is 0.284 e. The van der Waals surface area contributed by atoms with Crippen molar-refractivity contribution in [2.75, 3.05) is 0 Å². The molecule has 1 aromatic rings. The summed E-state index contributed by atoms with van der Waals surface area (Å²) < 4.78 is 0. The first-order valence-electron chi connectivity index (χ1n) is 6.81. The number of hydrogen-bond donors (Lipinski definition) is 2. The molecule has 0 amide bonds. The van der Waals surface area contributed by atoms with Crippen molar-refractivity contribution in [3.63, 3.8) is 0 Å². The summed E-state index contributed by atoms with van der Waals surface area (Å²) in [4.78, 5) is 4.23. The molecule has 2 aliphatic heterocycles. The van der Waals surface area contributed by atoms with Gasteiger partial charge in [0.25, 0.3) is 5.96 Å². The van der Waals surface area contributed by atoms with Crippen LogP contribution in [0.4, 0.5) is 0 Å². The Morgan fingerprint density at radius 2 is 1.64 bits per heavy atom. The molecular formula is C16H15N5O. The van der Waals surface area contributed by atoms with Crippen molar-refractivity contribution in [1.29, 1.82) is 5.41 Å². The van der Waals surface area contributed by atoms with Gasteiger partial charge in [-0.25, -0.2) is 10.1 Å². The van der Waals surface area contributed by atoms with E-state index in [0.717, 1.165) is 16.2 Å². The molecule has 0 saturated heterocycles. The van der Waals surface area contributed by atoms with E-state index >= 15 is 0 Å². The Labute approximate surface area is 128 Å². The topological polar surface area (TPSA) is 84.4 Å². The van der Waals surface area contributed by atoms with Crippen LogP contribution in [0.3, 0.4) is 0 Å². The summed E-state index contributed by atoms with van der Waals surface area (Å²) in [5.41, 5.74) is 4.25. The van der Waals surface area contributed by atoms with Crippen LogP contribution in [-0.4, -0.2) is 21.9 Å². The maximum absolute atomic E-state index is 9.84. The van der Waals surface area contributed by atoms with Gasteiger partial charge in [0.05, 0.1) is 0 Å². The Bertz CT molecular complexity index is 762. The fraction of sp³-hybridized carbons (Fsp3) is 0.125. The number of guanidine groups is 1. The first-order valence-corrected chi connectivity index (χ1v) is 6.81. The van der Waals surface area contributed by atoms with Crippen LogP contribution in [0.2, 0.25) is 0 Å². The zero-order valence-electron chi connectivity index (χ0n) is 12.3. The minimum atomic E-state index is -0.121. The first kappa shape index (κ1) is 14.1. The molecule has 0 fully saturated rings. The molecule has 0 atom stereocenters. The van der Waals surface area contributed by atoms with Crippen LogP contribution in [0.25, 0.3) is 0 Å². The number of nitrogens with zero attached hydrogens (tertiary/aromatic N) is 4. The van der Waals surface area contributed by atoms with Crippen LogP contribution in [0.5, 0.6) is 0 Å². The van der Waals surface area contributed by atoms with E-state index in [0.29, 0.717) is 22.8 Å². The molecule has 2 heterocycles. The summed E-state index contributed by atoms with van der Waals surface area (Å²) in [5, 5.41) is 26.5. The number of benzene rings is 1. The Morgan fingerprint density at radius 3 is 2.27 bits per heavy atom. The monoisotopic (exact) mass is 293 g/mol. The fourth-order valence-electron chi connectivity index (χ4n) is 2.35. The van der Waals surface area contributed by atoms with Gasteiger partial charge in [-0.3, -0.25) is 10.6 Å². The molecule has 2 aliphatic rings. The van der Waals surface area contributed by atoms with Crippen LogP contribution in [0, 0.1) is 5.41 Å². The molecule has 0 unspecified atom stereocenters. The smallest absolute Gasteiger partial charge is 0.262 e. The van der Waals surface area contributed by atoms with Crippen molar-refractivity contribution < 1.29 is 5.21 Å². The van der Waals surface area contributed by atoms with E-state index in [4.69, 9.17) is 5.41 Å². The summed E-state index contributed by atoms with van der Waals surface area (Å²) in [6, 6.07) is 9.58. The van der Waals surface area contributed by atoms with Gasteiger partial charge in [0.15, 0.2) is 0 Å². The number of allylic oxidation sites excluding steroid dienone is 6. The SMILES string of the molecule is CC1=CC(=C2N=NC(=N)N=C2c2ccccc2)C=C(C)N1O. The summed E-state index contributed by atoms with van der Waals surface area (Å²) in [6.45, 7) is 3.61. The molecule has 6 nitrogen and oxygen atoms in total. The summed E-state index contributed by atoms with van der Waals surface area (Å²) >= 11 is 0. The minimum absolute atomic E-state index is 0.121. The molecule has 110 valence electrons. The average molecular weight is 293 g/mol. The summed E-state index contributed by atoms with van der Waals surface area (Å²) in [5.74, 6) is -0.121. The van der Waals surface area contributed by atoms with Gasteiger partial charge >= 0.3 is 0 Å². The van der Waals surface area contributed by atoms with Gasteiger partial charge in [0.2, 0.25) is 0 Å². The molecule has 1 aromatic carbocycles. The molecule has 3 rings (SSSR count). The van der Waals surface area contributed by atoms with Crippen LogP contribution in [-0.2, 0) is 0 Å². The standard InChI is InChI=1S/C16H15N5O/c1-10-8-13(9-11(2)21(10)22)15-14(18-16(17)20-19-15)12-6-4-3-5-7-12/h3-9,17,22H,1-2H3. The van der Waals surface area contributed by atoms with Crippen LogP contribution in [0.15, 0.2) is 80.4 Å². The van der Waals surface area contributed by atoms with E-state index in [1.54, 1.807) is 13.8 Å². The Balaban J connectivity index is 2.17. The van der Waals surface area contributed by atoms with Crippen molar-refractivity contribution in [2.45, 2.75) is 13.8 Å². The number of nitrogens with one attached hydrogen (secondary N) is 1. The maximum Gasteiger partial charge on any atom is 0.262 e. The molecule has 22 heavy (non-hydrogen) atoms. The van der Waals surface area contributed by atoms with E-state index in [1.807, 2.05) is 42.5 Å². The van der Waals surface area contributed by atoms with Crippen molar-refractivity contribution >= 4 is 11.7 Å². The van der Waals surface area contributed by atoms with Crippen molar-refractivity contribution in [3.05, 3.63) is 70.7 Å². The van der Waals surface area contributed by atoms with Crippen molar-refractivity contribution in [3.8, 4) is 0 Å². The van der Waals surface area contributed by atoms with Gasteiger partial charge in [0.1, 0.15) is 11.4 Å². The zero-order valence-corrected chi connectivity index (χ0v) is 12.3. The van der Waals surface area contributed by atoms with E-state index in [-0.39, 0.29) is 5.96 Å². The average Bonchev–Trinajstić information content (AvgIpc) is 2.53. The van der Waals surface area contributed by atoms with E-state index < -0.39 is 0 Å². The van der Waals surface area contributed by atoms with E-state index in [9.17, 15) is 5.21 Å². The highest BCUT2D eigenvalue weighted by Crippen LogP contribution is 2.27. The molecule has 0 saturated carbocycles. The quantitative estimate of drug-likeness (QED) is 0.828. The molecule has 0 aromatic heterocycles. The second-order valence-corrected chi connectivity index (χ2v) is 5.04. The number of azo groups is 1. The predicted octanol–water partition coefficient (Wildman–Crippen LogP) is 3.64. The van der Waals surface area contributed by atoms with Crippen LogP contribution < -0.4 is 0 Å². The zero-order chi connectivity index (χ0) is 15.7. The second kappa shape index (κ2) is 5.50. The van der Waals surface area contributed by atoms with E-state index in [1.165, 1.54) is 0 Å². The molecule has 0 radical (unpaired) electrons. The predicted molar refractivity (Wildman–Crippen MR) is 83.7 cm³/mol. The summed E-state index contributed by atoms with van der Waals surface area (Å²) in [6.07, 6.45) is 3.63. The molecule has 0 spiro atoms. The third-order valence-corrected chi connectivity index (χ3v) is 3.40. The molecule has 2 N–H and O–H groups in total. The third-order valence-electron chi connectivity index (χ3n) is 3.40. The minimum Gasteiger partial charge on any atom is -0.284 e. The Morgan fingerprint density at radius 1 is 1.00 bits per heavy atom. The number of rotatable bonds is 1. The highest BCUT2D eigenvalue weighted by molar-refractivity contribution is 6.18. The first-order chi connectivity index (χ1) is 10.6. The van der Waals surface area contributed by atoms with Crippen molar-refractivity contribution in [1.82, 2.24) is 5.06 Å². The van der Waals surface area contributed by atoms with Gasteiger partial charge in [0, 0.05) is 22.5 Å². The molecule has 0 bridgehead atoms. The lowest BCUT2D eigenvalue weighted by atomic mass is 10.00. The Hall–Kier alpha value is -2.86. The molecule has 6 heteroatoms. The highest BCUT2D eigenvalue weighted by Gasteiger charge is 2.21. The van der Waals surface area contributed by atoms with Gasteiger partial charge in [-0.15, -0.1) is 10.2 Å². The van der Waals surface area contributed by atoms with Gasteiger partial charge in [-0.05, 0) is 26.0 Å². The van der Waals surface area contributed by atoms with Crippen LogP contribution in [0.1, 0.15) is 19.4 Å². The fourth-order valence-corrected chi connectivity index (χ4v) is 2.35. The Kier molecular flexibility index (Phi) is 3.52. The maximum atomic E-state index is 9.84. The number of aliphatic imine (C=N–C) groups is 1. The number of hydrogen-bond acceptors (Lipinski definition) is 4. The normalized spacial score (nSPS) is 18.2. The lowest BCUT2D eigenvalue weighted by molar-refractivity contribution is -0.0195. The lowest BCUT2D eigenvalue weighted by Crippen LogP contribution is -2.19. The van der Waals surface area contributed by atoms with Gasteiger partial charge in [-0.2, -0.15) is 0 Å². The number of hydroxylamine groups is 2. The molecule has 0 aliphatic carbocycles. The van der Waals surface area contributed by atoms with Gasteiger partial charge < -0.3 is 0 Å². The lowest BCUT2D eigenvalue weighted by Gasteiger charge is -2.23. The van der Waals surface area contributed by atoms with E-state index in [2.05, 4.69) is 15.2 Å². The third kappa shape index (κ3) is 2.51.